The molecule has 0 aliphatic carbocycles. The van der Waals surface area contributed by atoms with Gasteiger partial charge in [0.15, 0.2) is 0 Å². The molecule has 1 aromatic heterocycles. The summed E-state index contributed by atoms with van der Waals surface area (Å²) in [6.07, 6.45) is 1.56. The van der Waals surface area contributed by atoms with E-state index >= 15 is 0 Å². The van der Waals surface area contributed by atoms with Crippen molar-refractivity contribution in [2.75, 3.05) is 19.0 Å². The van der Waals surface area contributed by atoms with Gasteiger partial charge in [0.1, 0.15) is 10.2 Å². The Morgan fingerprint density at radius 2 is 2.10 bits per heavy atom. The first-order valence-electron chi connectivity index (χ1n) is 6.39. The Labute approximate surface area is 130 Å². The Morgan fingerprint density at radius 3 is 2.71 bits per heavy atom. The van der Waals surface area contributed by atoms with Crippen molar-refractivity contribution < 1.29 is 9.84 Å². The maximum absolute atomic E-state index is 12.0. The number of aliphatic hydroxyl groups is 1. The molecule has 112 valence electrons. The molecule has 0 unspecified atom stereocenters. The van der Waals surface area contributed by atoms with Gasteiger partial charge in [0, 0.05) is 6.54 Å². The van der Waals surface area contributed by atoms with Gasteiger partial charge in [-0.2, -0.15) is 5.10 Å². The summed E-state index contributed by atoms with van der Waals surface area (Å²) >= 11 is 3.26. The van der Waals surface area contributed by atoms with Gasteiger partial charge in [-0.3, -0.25) is 4.79 Å². The average Bonchev–Trinajstić information content (AvgIpc) is 2.52. The van der Waals surface area contributed by atoms with E-state index < -0.39 is 0 Å². The number of benzene rings is 1. The lowest BCUT2D eigenvalue weighted by molar-refractivity contribution is 0.266. The number of hydrogen-bond acceptors (Lipinski definition) is 5. The van der Waals surface area contributed by atoms with Crippen LogP contribution in [0.1, 0.15) is 5.56 Å². The number of methoxy groups -OCH3 is 1. The van der Waals surface area contributed by atoms with Crippen LogP contribution in [0.3, 0.4) is 0 Å². The largest absolute Gasteiger partial charge is 0.497 e. The van der Waals surface area contributed by atoms with Crippen LogP contribution in [-0.2, 0) is 13.1 Å². The molecule has 0 atom stereocenters. The molecule has 0 bridgehead atoms. The predicted octanol–water partition coefficient (Wildman–Crippen LogP) is 1.62. The number of nitrogens with zero attached hydrogens (tertiary/aromatic N) is 2. The molecule has 2 N–H and O–H groups in total. The molecule has 6 nitrogen and oxygen atoms in total. The molecule has 2 rings (SSSR count). The van der Waals surface area contributed by atoms with E-state index in [0.717, 1.165) is 11.3 Å². The second kappa shape index (κ2) is 7.24. The van der Waals surface area contributed by atoms with Crippen molar-refractivity contribution in [2.24, 2.45) is 0 Å². The molecule has 0 saturated carbocycles. The lowest BCUT2D eigenvalue weighted by Gasteiger charge is -2.10. The van der Waals surface area contributed by atoms with Crippen LogP contribution >= 0.6 is 15.9 Å². The number of rotatable bonds is 6. The van der Waals surface area contributed by atoms with E-state index in [4.69, 9.17) is 9.84 Å². The summed E-state index contributed by atoms with van der Waals surface area (Å²) in [6, 6.07) is 7.65. The number of anilines is 1. The lowest BCUT2D eigenvalue weighted by atomic mass is 10.2. The number of hydrogen-bond donors (Lipinski definition) is 2. The summed E-state index contributed by atoms with van der Waals surface area (Å²) in [7, 11) is 1.62. The van der Waals surface area contributed by atoms with E-state index in [1.165, 1.54) is 4.68 Å². The predicted molar refractivity (Wildman–Crippen MR) is 83.6 cm³/mol. The molecule has 21 heavy (non-hydrogen) atoms. The highest BCUT2D eigenvalue weighted by Crippen LogP contribution is 2.18. The lowest BCUT2D eigenvalue weighted by Crippen LogP contribution is -2.25. The highest BCUT2D eigenvalue weighted by Gasteiger charge is 2.08. The van der Waals surface area contributed by atoms with Crippen molar-refractivity contribution >= 4 is 21.6 Å². The molecule has 0 aliphatic rings. The zero-order valence-corrected chi connectivity index (χ0v) is 13.1. The number of aliphatic hydroxyl groups excluding tert-OH is 1. The molecule has 1 aromatic carbocycles. The Kier molecular flexibility index (Phi) is 5.35. The Morgan fingerprint density at radius 1 is 1.38 bits per heavy atom. The fourth-order valence-corrected chi connectivity index (χ4v) is 2.23. The van der Waals surface area contributed by atoms with Gasteiger partial charge in [0.05, 0.1) is 32.1 Å². The Bertz CT molecular complexity index is 656. The summed E-state index contributed by atoms with van der Waals surface area (Å²) in [5.41, 5.74) is 1.40. The van der Waals surface area contributed by atoms with Crippen molar-refractivity contribution in [3.63, 3.8) is 0 Å². The van der Waals surface area contributed by atoms with Gasteiger partial charge in [-0.15, -0.1) is 0 Å². The van der Waals surface area contributed by atoms with Crippen LogP contribution in [0.2, 0.25) is 0 Å². The van der Waals surface area contributed by atoms with Gasteiger partial charge in [0.25, 0.3) is 5.56 Å². The fourth-order valence-electron chi connectivity index (χ4n) is 1.78. The van der Waals surface area contributed by atoms with Gasteiger partial charge in [0.2, 0.25) is 0 Å². The second-order valence-corrected chi connectivity index (χ2v) is 5.12. The summed E-state index contributed by atoms with van der Waals surface area (Å²) in [5.74, 6) is 0.799. The minimum atomic E-state index is -0.274. The highest BCUT2D eigenvalue weighted by atomic mass is 79.9. The van der Waals surface area contributed by atoms with Gasteiger partial charge in [-0.25, -0.2) is 4.68 Å². The van der Waals surface area contributed by atoms with Crippen molar-refractivity contribution in [1.82, 2.24) is 9.78 Å². The SMILES string of the molecule is COc1ccc(CNc2cnn(CCO)c(=O)c2Br)cc1. The van der Waals surface area contributed by atoms with E-state index in [0.29, 0.717) is 16.7 Å². The third-order valence-electron chi connectivity index (χ3n) is 2.94. The number of nitrogens with one attached hydrogen (secondary N) is 1. The van der Waals surface area contributed by atoms with Crippen LogP contribution in [0.4, 0.5) is 5.69 Å². The molecule has 0 radical (unpaired) electrons. The monoisotopic (exact) mass is 353 g/mol. The van der Waals surface area contributed by atoms with Crippen LogP contribution in [0, 0.1) is 0 Å². The van der Waals surface area contributed by atoms with Gasteiger partial charge >= 0.3 is 0 Å². The zero-order chi connectivity index (χ0) is 15.2. The van der Waals surface area contributed by atoms with Crippen molar-refractivity contribution in [2.45, 2.75) is 13.1 Å². The molecular weight excluding hydrogens is 338 g/mol. The van der Waals surface area contributed by atoms with E-state index in [1.807, 2.05) is 24.3 Å². The quantitative estimate of drug-likeness (QED) is 0.825. The minimum Gasteiger partial charge on any atom is -0.497 e. The number of ether oxygens (including phenoxy) is 1. The van der Waals surface area contributed by atoms with E-state index in [-0.39, 0.29) is 18.7 Å². The molecule has 0 amide bonds. The average molecular weight is 354 g/mol. The minimum absolute atomic E-state index is 0.127. The molecule has 0 fully saturated rings. The number of halogens is 1. The van der Waals surface area contributed by atoms with Gasteiger partial charge < -0.3 is 15.2 Å². The van der Waals surface area contributed by atoms with Crippen LogP contribution in [0.5, 0.6) is 5.75 Å². The molecule has 2 aromatic rings. The Balaban J connectivity index is 2.09. The molecule has 1 heterocycles. The highest BCUT2D eigenvalue weighted by molar-refractivity contribution is 9.10. The van der Waals surface area contributed by atoms with Crippen LogP contribution < -0.4 is 15.6 Å². The third-order valence-corrected chi connectivity index (χ3v) is 3.71. The van der Waals surface area contributed by atoms with Crippen molar-refractivity contribution in [3.05, 3.63) is 50.9 Å². The molecule has 0 spiro atoms. The fraction of sp³-hybridized carbons (Fsp3) is 0.286. The molecule has 7 heteroatoms. The molecular formula is C14H16BrN3O3. The van der Waals surface area contributed by atoms with Crippen LogP contribution in [-0.4, -0.2) is 28.6 Å². The maximum atomic E-state index is 12.0. The first-order chi connectivity index (χ1) is 10.2. The molecule has 0 saturated heterocycles. The van der Waals surface area contributed by atoms with E-state index in [2.05, 4.69) is 26.3 Å². The van der Waals surface area contributed by atoms with Crippen LogP contribution in [0.25, 0.3) is 0 Å². The van der Waals surface area contributed by atoms with E-state index in [9.17, 15) is 4.79 Å². The normalized spacial score (nSPS) is 10.4. The van der Waals surface area contributed by atoms with Crippen molar-refractivity contribution in [1.29, 1.82) is 0 Å². The maximum Gasteiger partial charge on any atom is 0.283 e. The first-order valence-corrected chi connectivity index (χ1v) is 7.18. The summed E-state index contributed by atoms with van der Waals surface area (Å²) < 4.78 is 6.71. The van der Waals surface area contributed by atoms with Gasteiger partial charge in [-0.1, -0.05) is 12.1 Å². The third kappa shape index (κ3) is 3.83. The summed E-state index contributed by atoms with van der Waals surface area (Å²) in [5, 5.41) is 16.0. The topological polar surface area (TPSA) is 76.4 Å². The summed E-state index contributed by atoms with van der Waals surface area (Å²) in [4.78, 5) is 12.0. The second-order valence-electron chi connectivity index (χ2n) is 4.33. The van der Waals surface area contributed by atoms with E-state index in [1.54, 1.807) is 13.3 Å². The van der Waals surface area contributed by atoms with Gasteiger partial charge in [-0.05, 0) is 33.6 Å². The smallest absolute Gasteiger partial charge is 0.283 e. The number of aromatic nitrogens is 2. The zero-order valence-electron chi connectivity index (χ0n) is 11.5. The standard InChI is InChI=1S/C14H16BrN3O3/c1-21-11-4-2-10(3-5-11)8-16-12-9-17-18(6-7-19)14(20)13(12)15/h2-5,9,16,19H,6-8H2,1H3. The van der Waals surface area contributed by atoms with Crippen molar-refractivity contribution in [3.8, 4) is 5.75 Å². The summed E-state index contributed by atoms with van der Waals surface area (Å²) in [6.45, 7) is 0.613. The van der Waals surface area contributed by atoms with Crippen LogP contribution in [0.15, 0.2) is 39.7 Å². The first kappa shape index (κ1) is 15.5. The molecule has 0 aliphatic heterocycles. The Hall–Kier alpha value is -1.86.